The number of hydrogen-bond acceptors (Lipinski definition) is 3. The normalized spacial score (nSPS) is 11.1. The van der Waals surface area contributed by atoms with Gasteiger partial charge in [-0.25, -0.2) is 13.0 Å². The molecule has 0 N–H and O–H groups in total. The quantitative estimate of drug-likeness (QED) is 0.623. The highest BCUT2D eigenvalue weighted by molar-refractivity contribution is 7.85. The third kappa shape index (κ3) is 7.04. The van der Waals surface area contributed by atoms with E-state index >= 15 is 0 Å². The lowest BCUT2D eigenvalue weighted by Crippen LogP contribution is -2.31. The summed E-state index contributed by atoms with van der Waals surface area (Å²) >= 11 is 11.1. The predicted octanol–water partition coefficient (Wildman–Crippen LogP) is 3.28. The van der Waals surface area contributed by atoms with E-state index in [0.29, 0.717) is 0 Å². The largest absolute Gasteiger partial charge is 0.744 e. The minimum absolute atomic E-state index is 0.178. The molecule has 1 heterocycles. The van der Waals surface area contributed by atoms with Gasteiger partial charge in [0.15, 0.2) is 18.9 Å². The number of hydrogen-bond donors (Lipinski definition) is 0. The van der Waals surface area contributed by atoms with Crippen molar-refractivity contribution in [2.75, 3.05) is 0 Å². The van der Waals surface area contributed by atoms with E-state index in [9.17, 15) is 13.0 Å². The zero-order valence-electron chi connectivity index (χ0n) is 11.8. The molecule has 2 aromatic rings. The van der Waals surface area contributed by atoms with E-state index < -0.39 is 10.1 Å². The molecule has 4 nitrogen and oxygen atoms in total. The molecule has 2 rings (SSSR count). The zero-order valence-corrected chi connectivity index (χ0v) is 14.1. The fourth-order valence-corrected chi connectivity index (χ4v) is 2.09. The van der Waals surface area contributed by atoms with Crippen molar-refractivity contribution in [3.8, 4) is 0 Å². The van der Waals surface area contributed by atoms with Crippen LogP contribution in [0.15, 0.2) is 65.3 Å². The van der Waals surface area contributed by atoms with Crippen LogP contribution in [-0.4, -0.2) is 13.0 Å². The molecule has 7 heteroatoms. The Morgan fingerprint density at radius 1 is 1.14 bits per heavy atom. The highest BCUT2D eigenvalue weighted by atomic mass is 35.5. The van der Waals surface area contributed by atoms with Gasteiger partial charge in [-0.15, -0.1) is 0 Å². The summed E-state index contributed by atoms with van der Waals surface area (Å²) in [6.07, 6.45) is 5.66. The number of aryl methyl sites for hydroxylation is 1. The van der Waals surface area contributed by atoms with Gasteiger partial charge in [-0.1, -0.05) is 40.9 Å². The lowest BCUT2D eigenvalue weighted by Gasteiger charge is -2.05. The molecule has 0 spiro atoms. The first-order valence-corrected chi connectivity index (χ1v) is 8.47. The van der Waals surface area contributed by atoms with Crippen LogP contribution in [0.1, 0.15) is 5.56 Å². The van der Waals surface area contributed by atoms with Gasteiger partial charge in [0, 0.05) is 17.7 Å². The van der Waals surface area contributed by atoms with Crippen LogP contribution in [-0.2, 0) is 16.7 Å². The summed E-state index contributed by atoms with van der Waals surface area (Å²) in [5, 5.41) is 0.746. The number of nitrogens with zero attached hydrogens (tertiary/aromatic N) is 1. The average molecular weight is 360 g/mol. The Morgan fingerprint density at radius 3 is 2.14 bits per heavy atom. The van der Waals surface area contributed by atoms with Gasteiger partial charge in [-0.05, 0) is 25.1 Å². The van der Waals surface area contributed by atoms with E-state index in [2.05, 4.69) is 0 Å². The standard InChI is InChI=1S/C8H8Cl2N.C7H8O3S/c9-4-1-5-11-6-2-8(10)3-7-11;1-6-2-4-7(5-3-6)11(8,9)10/h1-4,6-7H,5H2;2-5H,1H3,(H,8,9,10)/q+1;/p-1/b4-1+;. The van der Waals surface area contributed by atoms with Crippen LogP contribution in [0.5, 0.6) is 0 Å². The van der Waals surface area contributed by atoms with Crippen LogP contribution in [0, 0.1) is 6.92 Å². The van der Waals surface area contributed by atoms with Crippen LogP contribution in [0.2, 0.25) is 5.02 Å². The van der Waals surface area contributed by atoms with E-state index in [0.717, 1.165) is 17.1 Å². The SMILES string of the molecule is Cc1ccc(S(=O)(=O)[O-])cc1.Cl/C=C/C[n+]1ccc(Cl)cc1. The van der Waals surface area contributed by atoms with E-state index in [4.69, 9.17) is 23.2 Å². The summed E-state index contributed by atoms with van der Waals surface area (Å²) in [6.45, 7) is 2.60. The van der Waals surface area contributed by atoms with Crippen LogP contribution in [0.4, 0.5) is 0 Å². The molecule has 0 radical (unpaired) electrons. The van der Waals surface area contributed by atoms with E-state index in [1.807, 2.05) is 42.1 Å². The maximum atomic E-state index is 10.4. The summed E-state index contributed by atoms with van der Waals surface area (Å²) in [4.78, 5) is -0.178. The number of benzene rings is 1. The second-order valence-corrected chi connectivity index (χ2v) is 6.41. The zero-order chi connectivity index (χ0) is 16.6. The summed E-state index contributed by atoms with van der Waals surface area (Å²) in [5.74, 6) is 0. The van der Waals surface area contributed by atoms with Crippen molar-refractivity contribution in [1.29, 1.82) is 0 Å². The van der Waals surface area contributed by atoms with Crippen LogP contribution < -0.4 is 4.57 Å². The first-order chi connectivity index (χ1) is 10.3. The van der Waals surface area contributed by atoms with Gasteiger partial charge in [0.2, 0.25) is 0 Å². The van der Waals surface area contributed by atoms with Gasteiger partial charge < -0.3 is 4.55 Å². The highest BCUT2D eigenvalue weighted by Gasteiger charge is 1.97. The highest BCUT2D eigenvalue weighted by Crippen LogP contribution is 2.08. The van der Waals surface area contributed by atoms with E-state index in [1.54, 1.807) is 12.1 Å². The van der Waals surface area contributed by atoms with Crippen molar-refractivity contribution >= 4 is 33.3 Å². The predicted molar refractivity (Wildman–Crippen MR) is 85.8 cm³/mol. The summed E-state index contributed by atoms with van der Waals surface area (Å²) < 4.78 is 33.1. The maximum absolute atomic E-state index is 10.4. The van der Waals surface area contributed by atoms with Crippen LogP contribution in [0.25, 0.3) is 0 Å². The first kappa shape index (κ1) is 18.6. The average Bonchev–Trinajstić information content (AvgIpc) is 2.47. The first-order valence-electron chi connectivity index (χ1n) is 6.25. The van der Waals surface area contributed by atoms with Gasteiger partial charge in [0.25, 0.3) is 0 Å². The van der Waals surface area contributed by atoms with Crippen molar-refractivity contribution < 1.29 is 17.5 Å². The van der Waals surface area contributed by atoms with Gasteiger partial charge in [0.05, 0.1) is 9.92 Å². The lowest BCUT2D eigenvalue weighted by atomic mass is 10.2. The molecule has 22 heavy (non-hydrogen) atoms. The van der Waals surface area contributed by atoms with E-state index in [1.165, 1.54) is 17.7 Å². The molecule has 0 aliphatic heterocycles. The smallest absolute Gasteiger partial charge is 0.170 e. The molecular formula is C15H15Cl2NO3S. The second-order valence-electron chi connectivity index (χ2n) is 4.34. The number of aromatic nitrogens is 1. The minimum Gasteiger partial charge on any atom is -0.744 e. The van der Waals surface area contributed by atoms with Crippen LogP contribution in [0.3, 0.4) is 0 Å². The van der Waals surface area contributed by atoms with Gasteiger partial charge in [0.1, 0.15) is 10.1 Å². The Labute approximate surface area is 140 Å². The second kappa shape index (κ2) is 8.90. The van der Waals surface area contributed by atoms with Crippen LogP contribution >= 0.6 is 23.2 Å². The van der Waals surface area contributed by atoms with Crippen molar-refractivity contribution in [2.45, 2.75) is 18.4 Å². The molecule has 0 bridgehead atoms. The van der Waals surface area contributed by atoms with Gasteiger partial charge in [-0.3, -0.25) is 0 Å². The molecule has 0 aliphatic rings. The molecule has 1 aromatic heterocycles. The Balaban J connectivity index is 0.000000220. The van der Waals surface area contributed by atoms with Gasteiger partial charge >= 0.3 is 0 Å². The minimum atomic E-state index is -4.27. The topological polar surface area (TPSA) is 61.1 Å². The molecule has 0 saturated heterocycles. The fourth-order valence-electron chi connectivity index (χ4n) is 1.43. The van der Waals surface area contributed by atoms with Gasteiger partial charge in [-0.2, -0.15) is 0 Å². The number of rotatable bonds is 3. The lowest BCUT2D eigenvalue weighted by molar-refractivity contribution is -0.687. The molecule has 0 atom stereocenters. The molecular weight excluding hydrogens is 345 g/mol. The van der Waals surface area contributed by atoms with Crippen molar-refractivity contribution in [3.05, 3.63) is 71.0 Å². The van der Waals surface area contributed by atoms with Crippen molar-refractivity contribution in [2.24, 2.45) is 0 Å². The maximum Gasteiger partial charge on any atom is 0.170 e. The Bertz CT molecular complexity index is 711. The Morgan fingerprint density at radius 2 is 1.68 bits per heavy atom. The summed E-state index contributed by atoms with van der Waals surface area (Å²) in [6, 6.07) is 9.46. The molecule has 118 valence electrons. The Hall–Kier alpha value is -1.40. The summed E-state index contributed by atoms with van der Waals surface area (Å²) in [7, 11) is -4.27. The summed E-state index contributed by atoms with van der Waals surface area (Å²) in [5.41, 5.74) is 2.43. The number of allylic oxidation sites excluding steroid dienone is 1. The van der Waals surface area contributed by atoms with Crippen molar-refractivity contribution in [1.82, 2.24) is 0 Å². The molecule has 0 amide bonds. The number of pyridine rings is 1. The third-order valence-electron chi connectivity index (χ3n) is 2.57. The molecule has 0 saturated carbocycles. The molecule has 0 fully saturated rings. The third-order valence-corrected chi connectivity index (χ3v) is 3.85. The fraction of sp³-hybridized carbons (Fsp3) is 0.133. The molecule has 0 aliphatic carbocycles. The Kier molecular flexibility index (Phi) is 7.55. The molecule has 1 aromatic carbocycles. The van der Waals surface area contributed by atoms with Crippen molar-refractivity contribution in [3.63, 3.8) is 0 Å². The molecule has 0 unspecified atom stereocenters. The number of halogens is 2. The monoisotopic (exact) mass is 359 g/mol. The van der Waals surface area contributed by atoms with E-state index in [-0.39, 0.29) is 4.90 Å².